The number of amides is 2. The number of amidine groups is 1. The zero-order chi connectivity index (χ0) is 30.5. The maximum atomic E-state index is 13.7. The summed E-state index contributed by atoms with van der Waals surface area (Å²) in [5.41, 5.74) is 4.87. The second kappa shape index (κ2) is 13.4. The van der Waals surface area contributed by atoms with E-state index in [0.717, 1.165) is 16.8 Å². The normalized spacial score (nSPS) is 14.8. The van der Waals surface area contributed by atoms with Crippen LogP contribution in [0.15, 0.2) is 94.8 Å². The highest BCUT2D eigenvalue weighted by Crippen LogP contribution is 2.40. The van der Waals surface area contributed by atoms with Crippen LogP contribution >= 0.6 is 35.0 Å². The Balaban J connectivity index is 1.40. The van der Waals surface area contributed by atoms with Crippen molar-refractivity contribution < 1.29 is 19.1 Å². The number of benzene rings is 4. The fourth-order valence-corrected chi connectivity index (χ4v) is 5.58. The van der Waals surface area contributed by atoms with Crippen molar-refractivity contribution in [2.45, 2.75) is 13.8 Å². The Labute approximate surface area is 264 Å². The Morgan fingerprint density at radius 3 is 2.26 bits per heavy atom. The Morgan fingerprint density at radius 1 is 0.953 bits per heavy atom. The molecule has 1 N–H and O–H groups in total. The predicted molar refractivity (Wildman–Crippen MR) is 176 cm³/mol. The second-order valence-corrected chi connectivity index (χ2v) is 11.5. The first-order valence-electron chi connectivity index (χ1n) is 13.2. The van der Waals surface area contributed by atoms with Gasteiger partial charge < -0.3 is 14.8 Å². The van der Waals surface area contributed by atoms with Crippen LogP contribution in [0, 0.1) is 13.8 Å². The molecule has 2 amide bonds. The molecule has 4 aromatic carbocycles. The summed E-state index contributed by atoms with van der Waals surface area (Å²) in [6, 6.07) is 25.6. The van der Waals surface area contributed by atoms with E-state index in [1.165, 1.54) is 18.9 Å². The van der Waals surface area contributed by atoms with Crippen molar-refractivity contribution in [3.05, 3.63) is 117 Å². The summed E-state index contributed by atoms with van der Waals surface area (Å²) in [6.45, 7) is 3.71. The molecule has 0 saturated carbocycles. The zero-order valence-corrected chi connectivity index (χ0v) is 25.9. The van der Waals surface area contributed by atoms with Gasteiger partial charge in [0, 0.05) is 10.7 Å². The van der Waals surface area contributed by atoms with Gasteiger partial charge in [-0.3, -0.25) is 14.5 Å². The number of hydrogen-bond donors (Lipinski definition) is 1. The van der Waals surface area contributed by atoms with E-state index in [0.29, 0.717) is 37.8 Å². The quantitative estimate of drug-likeness (QED) is 0.197. The monoisotopic (exact) mass is 631 g/mol. The van der Waals surface area contributed by atoms with Gasteiger partial charge in [0.15, 0.2) is 23.3 Å². The van der Waals surface area contributed by atoms with Crippen molar-refractivity contribution in [2.24, 2.45) is 4.99 Å². The van der Waals surface area contributed by atoms with Crippen LogP contribution in [-0.2, 0) is 9.59 Å². The van der Waals surface area contributed by atoms with Gasteiger partial charge in [-0.25, -0.2) is 4.99 Å². The average Bonchev–Trinajstić information content (AvgIpc) is 3.28. The molecule has 1 fully saturated rings. The summed E-state index contributed by atoms with van der Waals surface area (Å²) in [4.78, 5) is 33.0. The summed E-state index contributed by atoms with van der Waals surface area (Å²) in [6.07, 6.45) is 1.73. The SMILES string of the molecule is COc1cc(/C=C2\SC(=Nc3ccc(C)cc3)N(c3ccc(C)cc3)C2=O)cc(Cl)c1OCC(=O)Nc1ccc(Cl)cc1. The molecule has 1 saturated heterocycles. The molecule has 1 aliphatic rings. The van der Waals surface area contributed by atoms with E-state index in [1.807, 2.05) is 62.4 Å². The molecule has 7 nitrogen and oxygen atoms in total. The van der Waals surface area contributed by atoms with Crippen LogP contribution in [0.1, 0.15) is 16.7 Å². The van der Waals surface area contributed by atoms with Gasteiger partial charge in [-0.05, 0) is 97.9 Å². The number of nitrogens with one attached hydrogen (secondary N) is 1. The van der Waals surface area contributed by atoms with Gasteiger partial charge in [0.2, 0.25) is 0 Å². The van der Waals surface area contributed by atoms with Crippen LogP contribution in [0.4, 0.5) is 17.1 Å². The highest BCUT2D eigenvalue weighted by Gasteiger charge is 2.35. The van der Waals surface area contributed by atoms with E-state index >= 15 is 0 Å². The van der Waals surface area contributed by atoms with E-state index in [4.69, 9.17) is 37.7 Å². The number of aliphatic imine (C=N–C) groups is 1. The first-order chi connectivity index (χ1) is 20.7. The number of halogens is 2. The number of thioether (sulfide) groups is 1. The van der Waals surface area contributed by atoms with Crippen molar-refractivity contribution in [3.8, 4) is 11.5 Å². The molecule has 0 aliphatic carbocycles. The molecule has 0 radical (unpaired) electrons. The number of aryl methyl sites for hydroxylation is 2. The van der Waals surface area contributed by atoms with Gasteiger partial charge in [0.05, 0.1) is 28.4 Å². The third-order valence-corrected chi connectivity index (χ3v) is 7.88. The number of methoxy groups -OCH3 is 1. The van der Waals surface area contributed by atoms with Crippen molar-refractivity contribution >= 4 is 75.1 Å². The van der Waals surface area contributed by atoms with Crippen molar-refractivity contribution in [3.63, 3.8) is 0 Å². The molecule has 43 heavy (non-hydrogen) atoms. The van der Waals surface area contributed by atoms with E-state index in [1.54, 1.807) is 47.4 Å². The predicted octanol–water partition coefficient (Wildman–Crippen LogP) is 8.44. The lowest BCUT2D eigenvalue weighted by molar-refractivity contribution is -0.118. The van der Waals surface area contributed by atoms with Gasteiger partial charge in [0.1, 0.15) is 0 Å². The lowest BCUT2D eigenvalue weighted by Gasteiger charge is -2.16. The van der Waals surface area contributed by atoms with E-state index in [2.05, 4.69) is 5.32 Å². The molecule has 0 spiro atoms. The molecule has 0 bridgehead atoms. The molecule has 4 aromatic rings. The third-order valence-electron chi connectivity index (χ3n) is 6.38. The van der Waals surface area contributed by atoms with Gasteiger partial charge in [-0.15, -0.1) is 0 Å². The number of rotatable bonds is 8. The average molecular weight is 633 g/mol. The summed E-state index contributed by atoms with van der Waals surface area (Å²) in [5, 5.41) is 4.06. The lowest BCUT2D eigenvalue weighted by Crippen LogP contribution is -2.28. The Morgan fingerprint density at radius 2 is 1.60 bits per heavy atom. The maximum absolute atomic E-state index is 13.7. The van der Waals surface area contributed by atoms with E-state index in [-0.39, 0.29) is 29.2 Å². The molecule has 218 valence electrons. The van der Waals surface area contributed by atoms with E-state index in [9.17, 15) is 9.59 Å². The first kappa shape index (κ1) is 30.2. The number of anilines is 2. The van der Waals surface area contributed by atoms with Gasteiger partial charge in [-0.1, -0.05) is 58.6 Å². The van der Waals surface area contributed by atoms with Crippen LogP contribution in [0.5, 0.6) is 11.5 Å². The first-order valence-corrected chi connectivity index (χ1v) is 14.8. The van der Waals surface area contributed by atoms with Crippen LogP contribution in [0.2, 0.25) is 10.0 Å². The van der Waals surface area contributed by atoms with Crippen LogP contribution in [-0.4, -0.2) is 30.7 Å². The minimum absolute atomic E-state index is 0.214. The van der Waals surface area contributed by atoms with Crippen LogP contribution in [0.25, 0.3) is 6.08 Å². The molecule has 0 aromatic heterocycles. The Bertz CT molecular complexity index is 1720. The van der Waals surface area contributed by atoms with Crippen LogP contribution in [0.3, 0.4) is 0 Å². The molecule has 5 rings (SSSR count). The summed E-state index contributed by atoms with van der Waals surface area (Å²) in [7, 11) is 1.48. The molecular formula is C33H27Cl2N3O4S. The molecule has 0 atom stereocenters. The Kier molecular flexibility index (Phi) is 9.40. The topological polar surface area (TPSA) is 80.2 Å². The molecule has 1 aliphatic heterocycles. The molecular weight excluding hydrogens is 605 g/mol. The zero-order valence-electron chi connectivity index (χ0n) is 23.6. The summed E-state index contributed by atoms with van der Waals surface area (Å²) < 4.78 is 11.2. The Hall–Kier alpha value is -4.24. The number of hydrogen-bond acceptors (Lipinski definition) is 6. The van der Waals surface area contributed by atoms with E-state index < -0.39 is 0 Å². The molecule has 0 unspecified atom stereocenters. The smallest absolute Gasteiger partial charge is 0.271 e. The molecule has 1 heterocycles. The highest BCUT2D eigenvalue weighted by atomic mass is 35.5. The second-order valence-electron chi connectivity index (χ2n) is 9.69. The fraction of sp³-hybridized carbons (Fsp3) is 0.121. The van der Waals surface area contributed by atoms with Gasteiger partial charge in [0.25, 0.3) is 11.8 Å². The minimum atomic E-state index is -0.379. The van der Waals surface area contributed by atoms with Crippen molar-refractivity contribution in [1.29, 1.82) is 0 Å². The maximum Gasteiger partial charge on any atom is 0.271 e. The van der Waals surface area contributed by atoms with Crippen molar-refractivity contribution in [2.75, 3.05) is 23.9 Å². The summed E-state index contributed by atoms with van der Waals surface area (Å²) in [5.74, 6) is -0.0610. The van der Waals surface area contributed by atoms with Gasteiger partial charge in [-0.2, -0.15) is 0 Å². The largest absolute Gasteiger partial charge is 0.493 e. The lowest BCUT2D eigenvalue weighted by atomic mass is 10.1. The third kappa shape index (κ3) is 7.40. The summed E-state index contributed by atoms with van der Waals surface area (Å²) >= 11 is 13.7. The minimum Gasteiger partial charge on any atom is -0.493 e. The number of carbonyl (C=O) groups excluding carboxylic acids is 2. The number of ether oxygens (including phenoxy) is 2. The fourth-order valence-electron chi connectivity index (χ4n) is 4.18. The molecule has 10 heteroatoms. The number of nitrogens with zero attached hydrogens (tertiary/aromatic N) is 2. The van der Waals surface area contributed by atoms with Gasteiger partial charge >= 0.3 is 0 Å². The van der Waals surface area contributed by atoms with Crippen molar-refractivity contribution in [1.82, 2.24) is 0 Å². The number of carbonyl (C=O) groups is 2. The standard InChI is InChI=1S/C33H27Cl2N3O4S/c1-20-4-10-25(11-5-20)37-33-38(26-14-6-21(2)7-15-26)32(40)29(43-33)18-22-16-27(35)31(28(17-22)41-3)42-19-30(39)36-24-12-8-23(34)9-13-24/h4-18H,19H2,1-3H3,(H,36,39)/b29-18-,37-33?. The van der Waals surface area contributed by atoms with Crippen LogP contribution < -0.4 is 19.7 Å². The highest BCUT2D eigenvalue weighted by molar-refractivity contribution is 8.19.